The zero-order valence-corrected chi connectivity index (χ0v) is 12.4. The van der Waals surface area contributed by atoms with Crippen LogP contribution in [-0.4, -0.2) is 50.1 Å². The highest BCUT2D eigenvalue weighted by Gasteiger charge is 2.20. The Balaban J connectivity index is 2.19. The van der Waals surface area contributed by atoms with E-state index >= 15 is 0 Å². The quantitative estimate of drug-likeness (QED) is 0.792. The van der Waals surface area contributed by atoms with Crippen molar-refractivity contribution in [2.45, 2.75) is 13.8 Å². The molecule has 0 bridgehead atoms. The van der Waals surface area contributed by atoms with Crippen LogP contribution >= 0.6 is 0 Å². The molecule has 5 heteroatoms. The molecule has 20 heavy (non-hydrogen) atoms. The number of likely N-dealkylation sites (N-methyl/N-ethyl adjacent to an activating group) is 1. The Kier molecular flexibility index (Phi) is 4.84. The molecule has 0 radical (unpaired) electrons. The number of amides is 1. The minimum atomic E-state index is -0.00895. The first-order valence-electron chi connectivity index (χ1n) is 7.30. The van der Waals surface area contributed by atoms with Crippen molar-refractivity contribution in [1.29, 1.82) is 0 Å². The maximum atomic E-state index is 12.0. The number of hydrogen-bond donors (Lipinski definition) is 2. The summed E-state index contributed by atoms with van der Waals surface area (Å²) >= 11 is 0. The number of benzene rings is 1. The summed E-state index contributed by atoms with van der Waals surface area (Å²) in [5, 5.41) is 2.93. The topological polar surface area (TPSA) is 61.6 Å². The molecule has 1 aromatic rings. The third-order valence-corrected chi connectivity index (χ3v) is 3.85. The molecule has 0 saturated heterocycles. The van der Waals surface area contributed by atoms with E-state index in [4.69, 9.17) is 5.73 Å². The maximum absolute atomic E-state index is 12.0. The van der Waals surface area contributed by atoms with Gasteiger partial charge >= 0.3 is 0 Å². The molecule has 110 valence electrons. The van der Waals surface area contributed by atoms with E-state index in [-0.39, 0.29) is 5.91 Å². The van der Waals surface area contributed by atoms with Crippen LogP contribution in [0.3, 0.4) is 0 Å². The summed E-state index contributed by atoms with van der Waals surface area (Å²) in [7, 11) is 0. The summed E-state index contributed by atoms with van der Waals surface area (Å²) in [5.74, 6) is -0.00895. The highest BCUT2D eigenvalue weighted by atomic mass is 16.1. The highest BCUT2D eigenvalue weighted by Crippen LogP contribution is 2.25. The molecule has 0 aliphatic carbocycles. The molecular formula is C15H24N4O. The molecule has 1 amide bonds. The van der Waals surface area contributed by atoms with Crippen LogP contribution in [0.5, 0.6) is 0 Å². The lowest BCUT2D eigenvalue weighted by Gasteiger charge is -2.27. The van der Waals surface area contributed by atoms with Gasteiger partial charge in [0.05, 0.1) is 11.3 Å². The third-order valence-electron chi connectivity index (χ3n) is 3.85. The Morgan fingerprint density at radius 2 is 2.10 bits per heavy atom. The molecule has 0 unspecified atom stereocenters. The van der Waals surface area contributed by atoms with Crippen molar-refractivity contribution in [3.63, 3.8) is 0 Å². The number of nitrogens with zero attached hydrogens (tertiary/aromatic N) is 2. The van der Waals surface area contributed by atoms with E-state index < -0.39 is 0 Å². The second kappa shape index (κ2) is 6.61. The van der Waals surface area contributed by atoms with Gasteiger partial charge < -0.3 is 20.9 Å². The van der Waals surface area contributed by atoms with Crippen molar-refractivity contribution in [2.24, 2.45) is 0 Å². The zero-order chi connectivity index (χ0) is 14.5. The van der Waals surface area contributed by atoms with Crippen LogP contribution in [0.25, 0.3) is 0 Å². The Morgan fingerprint density at radius 3 is 2.80 bits per heavy atom. The van der Waals surface area contributed by atoms with E-state index in [9.17, 15) is 4.79 Å². The lowest BCUT2D eigenvalue weighted by atomic mass is 10.1. The summed E-state index contributed by atoms with van der Waals surface area (Å²) in [6, 6.07) is 5.50. The van der Waals surface area contributed by atoms with E-state index in [1.54, 1.807) is 6.07 Å². The maximum Gasteiger partial charge on any atom is 0.253 e. The number of nitrogens with two attached hydrogens (primary N) is 1. The van der Waals surface area contributed by atoms with Crippen LogP contribution in [0.4, 0.5) is 11.4 Å². The standard InChI is InChI=1S/C15H24N4O/c1-3-18(4-2)9-10-19-8-7-17-15(20)13-6-5-12(16)11-14(13)19/h5-6,11H,3-4,7-10,16H2,1-2H3,(H,17,20). The van der Waals surface area contributed by atoms with Gasteiger partial charge in [0.25, 0.3) is 5.91 Å². The molecule has 2 rings (SSSR count). The SMILES string of the molecule is CCN(CC)CCN1CCNC(=O)c2ccc(N)cc21. The first-order valence-corrected chi connectivity index (χ1v) is 7.30. The lowest BCUT2D eigenvalue weighted by molar-refractivity contribution is 0.0958. The fourth-order valence-corrected chi connectivity index (χ4v) is 2.56. The van der Waals surface area contributed by atoms with Gasteiger partial charge in [-0.25, -0.2) is 0 Å². The van der Waals surface area contributed by atoms with Gasteiger partial charge in [0, 0.05) is 31.9 Å². The predicted octanol–water partition coefficient (Wildman–Crippen LogP) is 1.16. The summed E-state index contributed by atoms with van der Waals surface area (Å²) in [4.78, 5) is 16.7. The van der Waals surface area contributed by atoms with Gasteiger partial charge in [-0.1, -0.05) is 13.8 Å². The van der Waals surface area contributed by atoms with Gasteiger partial charge in [-0.3, -0.25) is 4.79 Å². The van der Waals surface area contributed by atoms with Crippen LogP contribution in [0.2, 0.25) is 0 Å². The van der Waals surface area contributed by atoms with E-state index in [0.717, 1.165) is 44.0 Å². The van der Waals surface area contributed by atoms with E-state index in [1.165, 1.54) is 0 Å². The van der Waals surface area contributed by atoms with Crippen LogP contribution < -0.4 is 16.0 Å². The molecular weight excluding hydrogens is 252 g/mol. The largest absolute Gasteiger partial charge is 0.399 e. The summed E-state index contributed by atoms with van der Waals surface area (Å²) in [6.45, 7) is 9.83. The third kappa shape index (κ3) is 3.22. The number of hydrogen-bond acceptors (Lipinski definition) is 4. The molecule has 0 saturated carbocycles. The fraction of sp³-hybridized carbons (Fsp3) is 0.533. The minimum absolute atomic E-state index is 0.00895. The summed E-state index contributed by atoms with van der Waals surface area (Å²) in [5.41, 5.74) is 8.25. The van der Waals surface area contributed by atoms with Crippen molar-refractivity contribution in [2.75, 3.05) is 49.9 Å². The predicted molar refractivity (Wildman–Crippen MR) is 83.2 cm³/mol. The number of carbonyl (C=O) groups excluding carboxylic acids is 1. The molecule has 1 heterocycles. The number of carbonyl (C=O) groups is 1. The van der Waals surface area contributed by atoms with Gasteiger partial charge in [0.1, 0.15) is 0 Å². The van der Waals surface area contributed by atoms with Gasteiger partial charge in [0.15, 0.2) is 0 Å². The lowest BCUT2D eigenvalue weighted by Crippen LogP contribution is -2.37. The average molecular weight is 276 g/mol. The number of rotatable bonds is 5. The van der Waals surface area contributed by atoms with Crippen LogP contribution in [-0.2, 0) is 0 Å². The van der Waals surface area contributed by atoms with E-state index in [2.05, 4.69) is 29.0 Å². The summed E-state index contributed by atoms with van der Waals surface area (Å²) < 4.78 is 0. The van der Waals surface area contributed by atoms with Gasteiger partial charge in [-0.05, 0) is 31.3 Å². The normalized spacial score (nSPS) is 14.9. The molecule has 3 N–H and O–H groups in total. The molecule has 0 fully saturated rings. The van der Waals surface area contributed by atoms with Gasteiger partial charge in [-0.15, -0.1) is 0 Å². The van der Waals surface area contributed by atoms with Crippen molar-refractivity contribution in [3.05, 3.63) is 23.8 Å². The van der Waals surface area contributed by atoms with Gasteiger partial charge in [-0.2, -0.15) is 0 Å². The second-order valence-electron chi connectivity index (χ2n) is 5.05. The molecule has 5 nitrogen and oxygen atoms in total. The van der Waals surface area contributed by atoms with Crippen molar-refractivity contribution < 1.29 is 4.79 Å². The first kappa shape index (κ1) is 14.7. The fourth-order valence-electron chi connectivity index (χ4n) is 2.56. The van der Waals surface area contributed by atoms with E-state index in [1.807, 2.05) is 12.1 Å². The molecule has 1 aliphatic rings. The first-order chi connectivity index (χ1) is 9.65. The molecule has 0 aromatic heterocycles. The number of nitrogen functional groups attached to an aromatic ring is 1. The van der Waals surface area contributed by atoms with Crippen LogP contribution in [0, 0.1) is 0 Å². The Morgan fingerprint density at radius 1 is 1.35 bits per heavy atom. The monoisotopic (exact) mass is 276 g/mol. The van der Waals surface area contributed by atoms with Crippen LogP contribution in [0.15, 0.2) is 18.2 Å². The zero-order valence-electron chi connectivity index (χ0n) is 12.4. The Bertz CT molecular complexity index is 471. The molecule has 0 spiro atoms. The second-order valence-corrected chi connectivity index (χ2v) is 5.05. The highest BCUT2D eigenvalue weighted by molar-refractivity contribution is 6.01. The Hall–Kier alpha value is -1.75. The minimum Gasteiger partial charge on any atom is -0.399 e. The Labute approximate surface area is 120 Å². The van der Waals surface area contributed by atoms with Crippen molar-refractivity contribution in [3.8, 4) is 0 Å². The smallest absolute Gasteiger partial charge is 0.253 e. The number of nitrogens with one attached hydrogen (secondary N) is 1. The van der Waals surface area contributed by atoms with E-state index in [0.29, 0.717) is 12.2 Å². The molecule has 0 atom stereocenters. The van der Waals surface area contributed by atoms with Gasteiger partial charge in [0.2, 0.25) is 0 Å². The number of anilines is 2. The van der Waals surface area contributed by atoms with Crippen molar-refractivity contribution >= 4 is 17.3 Å². The average Bonchev–Trinajstić information content (AvgIpc) is 2.60. The number of fused-ring (bicyclic) bond motifs is 1. The molecule has 1 aromatic carbocycles. The van der Waals surface area contributed by atoms with Crippen LogP contribution in [0.1, 0.15) is 24.2 Å². The molecule has 1 aliphatic heterocycles. The summed E-state index contributed by atoms with van der Waals surface area (Å²) in [6.07, 6.45) is 0. The van der Waals surface area contributed by atoms with Crippen molar-refractivity contribution in [1.82, 2.24) is 10.2 Å².